The first-order valence-electron chi connectivity index (χ1n) is 6.23. The lowest BCUT2D eigenvalue weighted by atomic mass is 10.2. The van der Waals surface area contributed by atoms with E-state index in [4.69, 9.17) is 5.26 Å². The lowest BCUT2D eigenvalue weighted by molar-refractivity contribution is 0.597. The van der Waals surface area contributed by atoms with Gasteiger partial charge in [0.05, 0.1) is 22.3 Å². The van der Waals surface area contributed by atoms with Gasteiger partial charge in [-0.05, 0) is 29.7 Å². The van der Waals surface area contributed by atoms with E-state index in [1.807, 2.05) is 13.0 Å². The normalized spacial score (nSPS) is 11.2. The van der Waals surface area contributed by atoms with Crippen LogP contribution in [0.15, 0.2) is 33.5 Å². The molecule has 110 valence electrons. The maximum atomic E-state index is 12.2. The smallest absolute Gasteiger partial charge is 0.179 e. The van der Waals surface area contributed by atoms with E-state index in [0.29, 0.717) is 11.3 Å². The lowest BCUT2D eigenvalue weighted by Crippen LogP contribution is -2.09. The van der Waals surface area contributed by atoms with Gasteiger partial charge in [0, 0.05) is 12.2 Å². The van der Waals surface area contributed by atoms with Gasteiger partial charge in [-0.25, -0.2) is 13.4 Å². The van der Waals surface area contributed by atoms with Gasteiger partial charge in [0.1, 0.15) is 5.82 Å². The van der Waals surface area contributed by atoms with E-state index in [9.17, 15) is 8.42 Å². The van der Waals surface area contributed by atoms with Crippen LogP contribution in [-0.2, 0) is 16.3 Å². The molecule has 0 aliphatic carbocycles. The maximum Gasteiger partial charge on any atom is 0.179 e. The van der Waals surface area contributed by atoms with Crippen molar-refractivity contribution in [2.75, 3.05) is 11.5 Å². The van der Waals surface area contributed by atoms with Gasteiger partial charge < -0.3 is 0 Å². The minimum atomic E-state index is -3.38. The Hall–Kier alpha value is -1.43. The lowest BCUT2D eigenvalue weighted by Gasteiger charge is -2.03. The van der Waals surface area contributed by atoms with Crippen molar-refractivity contribution in [1.82, 2.24) is 9.36 Å². The molecule has 0 aliphatic heterocycles. The van der Waals surface area contributed by atoms with Crippen LogP contribution < -0.4 is 0 Å². The Morgan fingerprint density at radius 1 is 1.43 bits per heavy atom. The summed E-state index contributed by atoms with van der Waals surface area (Å²) in [6.07, 6.45) is 0.774. The van der Waals surface area contributed by atoms with Crippen LogP contribution in [-0.4, -0.2) is 29.3 Å². The molecule has 5 nitrogen and oxygen atoms in total. The van der Waals surface area contributed by atoms with Gasteiger partial charge in [-0.15, -0.1) is 0 Å². The molecule has 2 rings (SSSR count). The second-order valence-corrected chi connectivity index (χ2v) is 8.34. The first-order valence-corrected chi connectivity index (χ1v) is 9.64. The highest BCUT2D eigenvalue weighted by molar-refractivity contribution is 8.02. The molecule has 1 heterocycles. The summed E-state index contributed by atoms with van der Waals surface area (Å²) in [7, 11) is -3.38. The molecule has 0 aliphatic rings. The highest BCUT2D eigenvalue weighted by Crippen LogP contribution is 2.22. The fraction of sp³-hybridized carbons (Fsp3) is 0.308. The van der Waals surface area contributed by atoms with Crippen LogP contribution in [0.3, 0.4) is 0 Å². The van der Waals surface area contributed by atoms with Crippen molar-refractivity contribution in [1.29, 1.82) is 5.26 Å². The summed E-state index contributed by atoms with van der Waals surface area (Å²) in [6, 6.07) is 8.03. The van der Waals surface area contributed by atoms with E-state index in [1.165, 1.54) is 35.4 Å². The number of aromatic nitrogens is 2. The number of hydrogen-bond donors (Lipinski definition) is 0. The quantitative estimate of drug-likeness (QED) is 0.752. The third kappa shape index (κ3) is 4.27. The van der Waals surface area contributed by atoms with Crippen molar-refractivity contribution in [3.63, 3.8) is 0 Å². The van der Waals surface area contributed by atoms with Crippen LogP contribution in [0.5, 0.6) is 0 Å². The molecule has 0 N–H and O–H groups in total. The van der Waals surface area contributed by atoms with Crippen LogP contribution in [0.2, 0.25) is 0 Å². The number of hydrogen-bond acceptors (Lipinski definition) is 7. The Labute approximate surface area is 132 Å². The molecule has 8 heteroatoms. The number of rotatable bonds is 6. The van der Waals surface area contributed by atoms with E-state index >= 15 is 0 Å². The predicted octanol–water partition coefficient (Wildman–Crippen LogP) is 2.54. The molecule has 0 atom stereocenters. The van der Waals surface area contributed by atoms with Gasteiger partial charge >= 0.3 is 0 Å². The van der Waals surface area contributed by atoms with Crippen molar-refractivity contribution in [3.05, 3.63) is 35.7 Å². The second-order valence-electron chi connectivity index (χ2n) is 4.14. The summed E-state index contributed by atoms with van der Waals surface area (Å²) in [6.45, 7) is 1.98. The minimum absolute atomic E-state index is 0.00753. The summed E-state index contributed by atoms with van der Waals surface area (Å²) in [5, 5.41) is 8.82. The predicted molar refractivity (Wildman–Crippen MR) is 83.2 cm³/mol. The number of sulfone groups is 1. The molecule has 0 saturated carbocycles. The average Bonchev–Trinajstić information content (AvgIpc) is 2.95. The molecule has 0 radical (unpaired) electrons. The highest BCUT2D eigenvalue weighted by atomic mass is 32.2. The molecule has 1 aromatic heterocycles. The standard InChI is InChI=1S/C13H13N3O2S3/c1-2-12-15-13(20-16-12)19-6-7-21(17,18)11-5-3-4-10(8-11)9-14/h3-5,8H,2,6-7H2,1H3. The number of nitriles is 1. The van der Waals surface area contributed by atoms with Crippen molar-refractivity contribution in [2.24, 2.45) is 0 Å². The Morgan fingerprint density at radius 2 is 2.24 bits per heavy atom. The Bertz CT molecular complexity index is 763. The van der Waals surface area contributed by atoms with Gasteiger partial charge in [-0.3, -0.25) is 0 Å². The zero-order valence-electron chi connectivity index (χ0n) is 11.3. The Kier molecular flexibility index (Phi) is 5.33. The summed E-state index contributed by atoms with van der Waals surface area (Å²) in [5.41, 5.74) is 0.348. The molecular formula is C13H13N3O2S3. The van der Waals surface area contributed by atoms with Crippen molar-refractivity contribution < 1.29 is 8.42 Å². The van der Waals surface area contributed by atoms with Gasteiger partial charge in [-0.2, -0.15) is 9.64 Å². The van der Waals surface area contributed by atoms with E-state index in [1.54, 1.807) is 12.1 Å². The fourth-order valence-electron chi connectivity index (χ4n) is 1.56. The van der Waals surface area contributed by atoms with Crippen LogP contribution in [0.4, 0.5) is 0 Å². The third-order valence-electron chi connectivity index (χ3n) is 2.67. The molecule has 0 unspecified atom stereocenters. The van der Waals surface area contributed by atoms with Crippen LogP contribution in [0.1, 0.15) is 18.3 Å². The fourth-order valence-corrected chi connectivity index (χ4v) is 5.01. The molecule has 0 spiro atoms. The molecule has 0 fully saturated rings. The van der Waals surface area contributed by atoms with E-state index in [2.05, 4.69) is 9.36 Å². The monoisotopic (exact) mass is 339 g/mol. The molecule has 0 bridgehead atoms. The highest BCUT2D eigenvalue weighted by Gasteiger charge is 2.15. The molecule has 0 amide bonds. The number of thioether (sulfide) groups is 1. The SMILES string of the molecule is CCc1nsc(SCCS(=O)(=O)c2cccc(C#N)c2)n1. The first kappa shape index (κ1) is 15.9. The maximum absolute atomic E-state index is 12.2. The molecule has 1 aromatic carbocycles. The number of benzene rings is 1. The van der Waals surface area contributed by atoms with Gasteiger partial charge in [0.25, 0.3) is 0 Å². The minimum Gasteiger partial charge on any atom is -0.224 e. The Morgan fingerprint density at radius 3 is 2.90 bits per heavy atom. The Balaban J connectivity index is 1.99. The van der Waals surface area contributed by atoms with Crippen molar-refractivity contribution >= 4 is 33.1 Å². The number of aryl methyl sites for hydroxylation is 1. The molecular weight excluding hydrogens is 326 g/mol. The topological polar surface area (TPSA) is 83.7 Å². The summed E-state index contributed by atoms with van der Waals surface area (Å²) in [4.78, 5) is 4.47. The first-order chi connectivity index (χ1) is 10.0. The van der Waals surface area contributed by atoms with E-state index in [0.717, 1.165) is 16.6 Å². The zero-order valence-corrected chi connectivity index (χ0v) is 13.8. The van der Waals surface area contributed by atoms with Gasteiger partial charge in [-0.1, -0.05) is 24.8 Å². The summed E-state index contributed by atoms with van der Waals surface area (Å²) in [5.74, 6) is 1.21. The third-order valence-corrected chi connectivity index (χ3v) is 6.51. The van der Waals surface area contributed by atoms with Crippen molar-refractivity contribution in [3.8, 4) is 6.07 Å². The molecule has 0 saturated heterocycles. The molecule has 2 aromatic rings. The average molecular weight is 339 g/mol. The van der Waals surface area contributed by atoms with Gasteiger partial charge in [0.15, 0.2) is 14.2 Å². The largest absolute Gasteiger partial charge is 0.224 e. The molecule has 21 heavy (non-hydrogen) atoms. The summed E-state index contributed by atoms with van der Waals surface area (Å²) >= 11 is 2.68. The van der Waals surface area contributed by atoms with Crippen LogP contribution in [0, 0.1) is 11.3 Å². The van der Waals surface area contributed by atoms with E-state index in [-0.39, 0.29) is 10.6 Å². The van der Waals surface area contributed by atoms with Crippen LogP contribution in [0.25, 0.3) is 0 Å². The van der Waals surface area contributed by atoms with Gasteiger partial charge in [0.2, 0.25) is 0 Å². The summed E-state index contributed by atoms with van der Waals surface area (Å²) < 4.78 is 29.3. The number of nitrogens with zero attached hydrogens (tertiary/aromatic N) is 3. The van der Waals surface area contributed by atoms with Crippen molar-refractivity contribution in [2.45, 2.75) is 22.6 Å². The van der Waals surface area contributed by atoms with E-state index < -0.39 is 9.84 Å². The second kappa shape index (κ2) is 7.02. The zero-order chi connectivity index (χ0) is 15.3. The van der Waals surface area contributed by atoms with Crippen LogP contribution >= 0.6 is 23.3 Å².